The first-order valence-corrected chi connectivity index (χ1v) is 7.61. The molecule has 3 nitrogen and oxygen atoms in total. The molecule has 118 valence electrons. The van der Waals surface area contributed by atoms with E-state index in [1.165, 1.54) is 0 Å². The van der Waals surface area contributed by atoms with E-state index < -0.39 is 33.3 Å². The maximum Gasteiger partial charge on any atom is 0.418 e. The van der Waals surface area contributed by atoms with Crippen molar-refractivity contribution >= 4 is 27.3 Å². The topological polar surface area (TPSA) is 46.2 Å². The Kier molecular flexibility index (Phi) is 4.35. The van der Waals surface area contributed by atoms with Crippen LogP contribution in [0.15, 0.2) is 47.4 Å². The third-order valence-corrected chi connectivity index (χ3v) is 4.27. The summed E-state index contributed by atoms with van der Waals surface area (Å²) >= 11 is 5.51. The van der Waals surface area contributed by atoms with Gasteiger partial charge in [-0.15, -0.1) is 0 Å². The summed E-state index contributed by atoms with van der Waals surface area (Å²) in [5, 5.41) is -0.183. The van der Waals surface area contributed by atoms with Crippen molar-refractivity contribution < 1.29 is 26.0 Å². The number of benzene rings is 2. The van der Waals surface area contributed by atoms with E-state index >= 15 is 0 Å². The summed E-state index contributed by atoms with van der Waals surface area (Å²) in [6.45, 7) is 0. The van der Waals surface area contributed by atoms with Crippen LogP contribution in [0.2, 0.25) is 5.02 Å². The predicted molar refractivity (Wildman–Crippen MR) is 73.7 cm³/mol. The van der Waals surface area contributed by atoms with Crippen molar-refractivity contribution in [2.24, 2.45) is 0 Å². The highest BCUT2D eigenvalue weighted by Gasteiger charge is 2.35. The number of rotatable bonds is 3. The van der Waals surface area contributed by atoms with E-state index in [-0.39, 0.29) is 9.92 Å². The molecule has 0 aliphatic carbocycles. The summed E-state index contributed by atoms with van der Waals surface area (Å²) in [5.41, 5.74) is -1.88. The molecule has 0 amide bonds. The Morgan fingerprint density at radius 1 is 1.00 bits per heavy atom. The van der Waals surface area contributed by atoms with Gasteiger partial charge in [0.15, 0.2) is 0 Å². The molecule has 0 aliphatic rings. The zero-order valence-corrected chi connectivity index (χ0v) is 12.2. The fraction of sp³-hybridized carbons (Fsp3) is 0.0769. The molecule has 0 radical (unpaired) electrons. The number of hydrogen-bond donors (Lipinski definition) is 1. The quantitative estimate of drug-likeness (QED) is 0.836. The van der Waals surface area contributed by atoms with Crippen molar-refractivity contribution in [3.63, 3.8) is 0 Å². The third kappa shape index (κ3) is 3.69. The van der Waals surface area contributed by atoms with Crippen LogP contribution in [0.3, 0.4) is 0 Å². The Hall–Kier alpha value is -1.80. The predicted octanol–water partition coefficient (Wildman–Crippen LogP) is 4.30. The Morgan fingerprint density at radius 2 is 1.59 bits per heavy atom. The zero-order chi connectivity index (χ0) is 16.5. The summed E-state index contributed by atoms with van der Waals surface area (Å²) in [7, 11) is -4.29. The second kappa shape index (κ2) is 5.77. The van der Waals surface area contributed by atoms with Crippen LogP contribution in [-0.4, -0.2) is 8.42 Å². The number of halogens is 5. The van der Waals surface area contributed by atoms with Gasteiger partial charge in [0.25, 0.3) is 10.0 Å². The minimum absolute atomic E-state index is 0.183. The molecular formula is C13H8ClF4NO2S. The summed E-state index contributed by atoms with van der Waals surface area (Å²) in [6.07, 6.45) is -4.79. The number of sulfonamides is 1. The maximum absolute atomic E-state index is 12.9. The molecule has 0 bridgehead atoms. The first-order valence-electron chi connectivity index (χ1n) is 5.75. The molecule has 0 atom stereocenters. The lowest BCUT2D eigenvalue weighted by Crippen LogP contribution is -2.17. The third-order valence-electron chi connectivity index (χ3n) is 2.66. The monoisotopic (exact) mass is 353 g/mol. The van der Waals surface area contributed by atoms with E-state index in [1.54, 1.807) is 0 Å². The lowest BCUT2D eigenvalue weighted by Gasteiger charge is -2.15. The van der Waals surface area contributed by atoms with Crippen LogP contribution in [0.4, 0.5) is 23.2 Å². The first kappa shape index (κ1) is 16.6. The summed E-state index contributed by atoms with van der Waals surface area (Å²) < 4.78 is 77.4. The van der Waals surface area contributed by atoms with E-state index in [0.717, 1.165) is 36.4 Å². The molecule has 0 unspecified atom stereocenters. The lowest BCUT2D eigenvalue weighted by molar-refractivity contribution is -0.136. The largest absolute Gasteiger partial charge is 0.418 e. The van der Waals surface area contributed by atoms with Gasteiger partial charge in [-0.25, -0.2) is 12.8 Å². The molecule has 22 heavy (non-hydrogen) atoms. The van der Waals surface area contributed by atoms with Crippen LogP contribution < -0.4 is 4.72 Å². The highest BCUT2D eigenvalue weighted by Crippen LogP contribution is 2.37. The van der Waals surface area contributed by atoms with Crippen molar-refractivity contribution in [3.8, 4) is 0 Å². The van der Waals surface area contributed by atoms with Crippen molar-refractivity contribution in [1.82, 2.24) is 0 Å². The minimum Gasteiger partial charge on any atom is -0.279 e. The molecule has 0 fully saturated rings. The van der Waals surface area contributed by atoms with Gasteiger partial charge in [0.1, 0.15) is 5.82 Å². The second-order valence-corrected chi connectivity index (χ2v) is 6.37. The standard InChI is InChI=1S/C13H8ClF4NO2S/c14-8-1-6-12(11(7-8)13(16,17)18)19-22(20,21)10-4-2-9(15)3-5-10/h1-7,19H. The highest BCUT2D eigenvalue weighted by atomic mass is 35.5. The second-order valence-electron chi connectivity index (χ2n) is 4.25. The maximum atomic E-state index is 12.9. The molecule has 9 heteroatoms. The summed E-state index contributed by atoms with van der Waals surface area (Å²) in [4.78, 5) is -0.364. The number of nitrogens with one attached hydrogen (secondary N) is 1. The van der Waals surface area contributed by atoms with E-state index in [1.807, 2.05) is 4.72 Å². The Balaban J connectivity index is 2.44. The Labute approximate surface area is 128 Å². The van der Waals surface area contributed by atoms with E-state index in [4.69, 9.17) is 11.6 Å². The van der Waals surface area contributed by atoms with Crippen molar-refractivity contribution in [3.05, 3.63) is 58.9 Å². The fourth-order valence-corrected chi connectivity index (χ4v) is 2.91. The van der Waals surface area contributed by atoms with Gasteiger partial charge >= 0.3 is 6.18 Å². The minimum atomic E-state index is -4.79. The van der Waals surface area contributed by atoms with Crippen LogP contribution in [0, 0.1) is 5.82 Å². The van der Waals surface area contributed by atoms with Gasteiger partial charge in [-0.05, 0) is 42.5 Å². The molecule has 0 heterocycles. The molecule has 1 N–H and O–H groups in total. The van der Waals surface area contributed by atoms with Gasteiger partial charge in [-0.3, -0.25) is 4.72 Å². The molecule has 0 aliphatic heterocycles. The van der Waals surface area contributed by atoms with Gasteiger partial charge in [-0.1, -0.05) is 11.6 Å². The average molecular weight is 354 g/mol. The van der Waals surface area contributed by atoms with Crippen LogP contribution in [0.25, 0.3) is 0 Å². The van der Waals surface area contributed by atoms with Gasteiger partial charge in [0, 0.05) is 5.02 Å². The first-order chi connectivity index (χ1) is 10.1. The van der Waals surface area contributed by atoms with E-state index in [2.05, 4.69) is 0 Å². The summed E-state index contributed by atoms with van der Waals surface area (Å²) in [5.74, 6) is -0.665. The molecule has 2 aromatic rings. The van der Waals surface area contributed by atoms with Crippen molar-refractivity contribution in [2.75, 3.05) is 4.72 Å². The molecule has 0 saturated heterocycles. The van der Waals surface area contributed by atoms with Crippen LogP contribution >= 0.6 is 11.6 Å². The SMILES string of the molecule is O=S(=O)(Nc1ccc(Cl)cc1C(F)(F)F)c1ccc(F)cc1. The van der Waals surface area contributed by atoms with Gasteiger partial charge in [-0.2, -0.15) is 13.2 Å². The smallest absolute Gasteiger partial charge is 0.279 e. The highest BCUT2D eigenvalue weighted by molar-refractivity contribution is 7.92. The van der Waals surface area contributed by atoms with Gasteiger partial charge < -0.3 is 0 Å². The van der Waals surface area contributed by atoms with E-state index in [9.17, 15) is 26.0 Å². The van der Waals surface area contributed by atoms with E-state index in [0.29, 0.717) is 6.07 Å². The normalized spacial score (nSPS) is 12.2. The molecule has 2 aromatic carbocycles. The average Bonchev–Trinajstić information content (AvgIpc) is 2.40. The van der Waals surface area contributed by atoms with Crippen LogP contribution in [0.5, 0.6) is 0 Å². The van der Waals surface area contributed by atoms with Crippen molar-refractivity contribution in [2.45, 2.75) is 11.1 Å². The molecule has 0 saturated carbocycles. The van der Waals surface area contributed by atoms with Crippen molar-refractivity contribution in [1.29, 1.82) is 0 Å². The molecule has 2 rings (SSSR count). The molecule has 0 spiro atoms. The van der Waals surface area contributed by atoms with Gasteiger partial charge in [0.05, 0.1) is 16.1 Å². The number of alkyl halides is 3. The van der Waals surface area contributed by atoms with Gasteiger partial charge in [0.2, 0.25) is 0 Å². The van der Waals surface area contributed by atoms with Crippen LogP contribution in [0.1, 0.15) is 5.56 Å². The number of hydrogen-bond acceptors (Lipinski definition) is 2. The Morgan fingerprint density at radius 3 is 2.14 bits per heavy atom. The zero-order valence-electron chi connectivity index (χ0n) is 10.7. The Bertz CT molecular complexity index is 789. The molecular weight excluding hydrogens is 346 g/mol. The van der Waals surface area contributed by atoms with Crippen LogP contribution in [-0.2, 0) is 16.2 Å². The fourth-order valence-electron chi connectivity index (χ4n) is 1.66. The number of anilines is 1. The summed E-state index contributed by atoms with van der Waals surface area (Å²) in [6, 6.07) is 6.32. The molecule has 0 aromatic heterocycles. The lowest BCUT2D eigenvalue weighted by atomic mass is 10.2.